The number of nitrogens with zero attached hydrogens (tertiary/aromatic N) is 1. The van der Waals surface area contributed by atoms with Gasteiger partial charge in [0.05, 0.1) is 6.42 Å². The van der Waals surface area contributed by atoms with Crippen molar-refractivity contribution in [2.45, 2.75) is 26.0 Å². The summed E-state index contributed by atoms with van der Waals surface area (Å²) in [4.78, 5) is 36.6. The van der Waals surface area contributed by atoms with E-state index in [1.165, 1.54) is 30.8 Å². The van der Waals surface area contributed by atoms with Crippen LogP contribution in [-0.4, -0.2) is 47.0 Å². The van der Waals surface area contributed by atoms with Crippen LogP contribution in [0.25, 0.3) is 0 Å². The fraction of sp³-hybridized carbons (Fsp3) is 0.438. The van der Waals surface area contributed by atoms with Crippen molar-refractivity contribution in [3.05, 3.63) is 35.6 Å². The van der Waals surface area contributed by atoms with Gasteiger partial charge in [0.1, 0.15) is 5.82 Å². The van der Waals surface area contributed by atoms with Crippen molar-refractivity contribution in [2.75, 3.05) is 18.8 Å². The normalized spacial score (nSPS) is 15.2. The second-order valence-corrected chi connectivity index (χ2v) is 6.37. The van der Waals surface area contributed by atoms with Crippen molar-refractivity contribution in [3.63, 3.8) is 0 Å². The molecule has 1 heterocycles. The van der Waals surface area contributed by atoms with Gasteiger partial charge >= 0.3 is 5.97 Å². The van der Waals surface area contributed by atoms with Gasteiger partial charge in [-0.1, -0.05) is 23.9 Å². The van der Waals surface area contributed by atoms with Crippen molar-refractivity contribution < 1.29 is 23.5 Å². The molecule has 1 N–H and O–H groups in total. The fourth-order valence-electron chi connectivity index (χ4n) is 2.10. The summed E-state index contributed by atoms with van der Waals surface area (Å²) in [6.45, 7) is 2.63. The van der Waals surface area contributed by atoms with Crippen LogP contribution in [0.2, 0.25) is 0 Å². The maximum absolute atomic E-state index is 12.8. The lowest BCUT2D eigenvalue weighted by molar-refractivity contribution is -0.155. The maximum atomic E-state index is 12.8. The molecule has 1 aliphatic rings. The Morgan fingerprint density at radius 1 is 1.38 bits per heavy atom. The van der Waals surface area contributed by atoms with E-state index in [2.05, 4.69) is 5.32 Å². The summed E-state index contributed by atoms with van der Waals surface area (Å²) in [6.07, 6.45) is -0.872. The molecule has 8 heteroatoms. The number of amides is 2. The molecule has 0 saturated carbocycles. The molecule has 0 spiro atoms. The highest BCUT2D eigenvalue weighted by atomic mass is 32.2. The molecule has 24 heavy (non-hydrogen) atoms. The van der Waals surface area contributed by atoms with Gasteiger partial charge in [0, 0.05) is 25.4 Å². The average molecular weight is 354 g/mol. The molecule has 1 saturated heterocycles. The molecule has 2 rings (SSSR count). The van der Waals surface area contributed by atoms with Crippen molar-refractivity contribution in [1.82, 2.24) is 10.2 Å². The van der Waals surface area contributed by atoms with E-state index < -0.39 is 18.0 Å². The molecule has 2 amide bonds. The SMILES string of the molecule is C[C@@H](OC(=O)CCN1CCSC1=O)C(=O)NCc1ccc(F)cc1. The lowest BCUT2D eigenvalue weighted by Crippen LogP contribution is -2.36. The summed E-state index contributed by atoms with van der Waals surface area (Å²) >= 11 is 1.23. The van der Waals surface area contributed by atoms with Crippen LogP contribution in [0.4, 0.5) is 9.18 Å². The molecule has 1 aromatic rings. The summed E-state index contributed by atoms with van der Waals surface area (Å²) in [5.41, 5.74) is 0.744. The van der Waals surface area contributed by atoms with E-state index in [-0.39, 0.29) is 24.0 Å². The van der Waals surface area contributed by atoms with Crippen molar-refractivity contribution in [1.29, 1.82) is 0 Å². The van der Waals surface area contributed by atoms with Gasteiger partial charge in [-0.25, -0.2) is 4.39 Å². The number of nitrogens with one attached hydrogen (secondary N) is 1. The largest absolute Gasteiger partial charge is 0.452 e. The minimum absolute atomic E-state index is 0.0344. The lowest BCUT2D eigenvalue weighted by atomic mass is 10.2. The Hall–Kier alpha value is -2.09. The molecule has 0 aliphatic carbocycles. The van der Waals surface area contributed by atoms with E-state index >= 15 is 0 Å². The highest BCUT2D eigenvalue weighted by Gasteiger charge is 2.23. The van der Waals surface area contributed by atoms with Gasteiger partial charge in [-0.05, 0) is 24.6 Å². The van der Waals surface area contributed by atoms with Gasteiger partial charge in [0.2, 0.25) is 0 Å². The average Bonchev–Trinajstić information content (AvgIpc) is 2.97. The quantitative estimate of drug-likeness (QED) is 0.757. The second kappa shape index (κ2) is 8.68. The third-order valence-electron chi connectivity index (χ3n) is 3.49. The van der Waals surface area contributed by atoms with Crippen LogP contribution in [-0.2, 0) is 20.9 Å². The number of hydrogen-bond acceptors (Lipinski definition) is 5. The molecule has 1 aliphatic heterocycles. The van der Waals surface area contributed by atoms with Gasteiger partial charge in [0.15, 0.2) is 6.10 Å². The molecular weight excluding hydrogens is 335 g/mol. The zero-order valence-corrected chi connectivity index (χ0v) is 14.1. The Morgan fingerprint density at radius 3 is 2.71 bits per heavy atom. The molecule has 1 fully saturated rings. The number of carbonyl (C=O) groups excluding carboxylic acids is 3. The predicted octanol–water partition coefficient (Wildman–Crippen LogP) is 1.93. The van der Waals surface area contributed by atoms with Crippen LogP contribution >= 0.6 is 11.8 Å². The number of halogens is 1. The van der Waals surface area contributed by atoms with E-state index in [1.807, 2.05) is 0 Å². The molecule has 1 aromatic carbocycles. The van der Waals surface area contributed by atoms with Crippen molar-refractivity contribution >= 4 is 28.9 Å². The van der Waals surface area contributed by atoms with Crippen molar-refractivity contribution in [3.8, 4) is 0 Å². The number of esters is 1. The minimum atomic E-state index is -0.929. The van der Waals surface area contributed by atoms with Gasteiger partial charge in [0.25, 0.3) is 11.1 Å². The first-order valence-electron chi connectivity index (χ1n) is 7.59. The molecule has 130 valence electrons. The highest BCUT2D eigenvalue weighted by molar-refractivity contribution is 8.13. The second-order valence-electron chi connectivity index (χ2n) is 5.33. The lowest BCUT2D eigenvalue weighted by Gasteiger charge is -2.16. The summed E-state index contributed by atoms with van der Waals surface area (Å²) in [6, 6.07) is 5.75. The van der Waals surface area contributed by atoms with Gasteiger partial charge in [-0.15, -0.1) is 0 Å². The van der Waals surface area contributed by atoms with Crippen molar-refractivity contribution in [2.24, 2.45) is 0 Å². The maximum Gasteiger partial charge on any atom is 0.308 e. The standard InChI is InChI=1S/C16H19FN2O4S/c1-11(15(21)18-10-12-2-4-13(17)5-3-12)23-14(20)6-7-19-8-9-24-16(19)22/h2-5,11H,6-10H2,1H3,(H,18,21)/t11-/m1/s1. The zero-order chi connectivity index (χ0) is 17.5. The van der Waals surface area contributed by atoms with Gasteiger partial charge in [-0.3, -0.25) is 14.4 Å². The third-order valence-corrected chi connectivity index (χ3v) is 4.38. The summed E-state index contributed by atoms with van der Waals surface area (Å²) < 4.78 is 17.9. The number of thioether (sulfide) groups is 1. The molecule has 0 bridgehead atoms. The molecule has 1 atom stereocenters. The summed E-state index contributed by atoms with van der Waals surface area (Å²) in [5, 5.41) is 2.59. The topological polar surface area (TPSA) is 75.7 Å². The molecule has 0 unspecified atom stereocenters. The fourth-order valence-corrected chi connectivity index (χ4v) is 2.95. The van der Waals surface area contributed by atoms with Gasteiger partial charge in [-0.2, -0.15) is 0 Å². The molecular formula is C16H19FN2O4S. The number of rotatable bonds is 7. The Bertz CT molecular complexity index is 609. The van der Waals surface area contributed by atoms with Crippen LogP contribution < -0.4 is 5.32 Å². The van der Waals surface area contributed by atoms with Crippen LogP contribution in [0.15, 0.2) is 24.3 Å². The van der Waals surface area contributed by atoms with E-state index in [1.54, 1.807) is 17.0 Å². The molecule has 0 aromatic heterocycles. The highest BCUT2D eigenvalue weighted by Crippen LogP contribution is 2.17. The van der Waals surface area contributed by atoms with E-state index in [4.69, 9.17) is 4.74 Å². The first-order valence-corrected chi connectivity index (χ1v) is 8.57. The minimum Gasteiger partial charge on any atom is -0.452 e. The Morgan fingerprint density at radius 2 is 2.08 bits per heavy atom. The van der Waals surface area contributed by atoms with Crippen LogP contribution in [0.1, 0.15) is 18.9 Å². The smallest absolute Gasteiger partial charge is 0.308 e. The first kappa shape index (κ1) is 18.3. The monoisotopic (exact) mass is 354 g/mol. The molecule has 6 nitrogen and oxygen atoms in total. The number of ether oxygens (including phenoxy) is 1. The van der Waals surface area contributed by atoms with Crippen LogP contribution in [0, 0.1) is 5.82 Å². The van der Waals surface area contributed by atoms with E-state index in [0.29, 0.717) is 13.1 Å². The number of carbonyl (C=O) groups is 3. The predicted molar refractivity (Wildman–Crippen MR) is 87.8 cm³/mol. The molecule has 0 radical (unpaired) electrons. The number of benzene rings is 1. The van der Waals surface area contributed by atoms with Crippen LogP contribution in [0.5, 0.6) is 0 Å². The van der Waals surface area contributed by atoms with E-state index in [0.717, 1.165) is 11.3 Å². The number of hydrogen-bond donors (Lipinski definition) is 1. The Labute approximate surface area is 143 Å². The summed E-state index contributed by atoms with van der Waals surface area (Å²) in [5.74, 6) is -0.567. The third kappa shape index (κ3) is 5.52. The Balaban J connectivity index is 1.69. The van der Waals surface area contributed by atoms with E-state index in [9.17, 15) is 18.8 Å². The Kier molecular flexibility index (Phi) is 6.60. The van der Waals surface area contributed by atoms with Crippen LogP contribution in [0.3, 0.4) is 0 Å². The summed E-state index contributed by atoms with van der Waals surface area (Å²) in [7, 11) is 0. The van der Waals surface area contributed by atoms with Gasteiger partial charge < -0.3 is 15.0 Å². The first-order chi connectivity index (χ1) is 11.5. The zero-order valence-electron chi connectivity index (χ0n) is 13.3.